The number of halogens is 1. The van der Waals surface area contributed by atoms with Gasteiger partial charge in [-0.3, -0.25) is 0 Å². The van der Waals surface area contributed by atoms with Gasteiger partial charge >= 0.3 is 0 Å². The third kappa shape index (κ3) is 27.4. The van der Waals surface area contributed by atoms with Gasteiger partial charge in [0.1, 0.15) is 0 Å². The molecule has 0 aromatic heterocycles. The molecule has 0 atom stereocenters. The molecule has 1 aliphatic heterocycles. The minimum atomic E-state index is 0.377. The van der Waals surface area contributed by atoms with Gasteiger partial charge < -0.3 is 52.7 Å². The fourth-order valence-electron chi connectivity index (χ4n) is 3.15. The van der Waals surface area contributed by atoms with E-state index in [1.165, 1.54) is 0 Å². The molecule has 1 aliphatic rings. The van der Waals surface area contributed by atoms with E-state index in [4.69, 9.17) is 47.4 Å². The minimum absolute atomic E-state index is 0.377. The quantitative estimate of drug-likeness (QED) is 0.0948. The second-order valence-corrected chi connectivity index (χ2v) is 8.81. The van der Waals surface area contributed by atoms with E-state index in [1.54, 1.807) is 0 Å². The fraction of sp³-hybridized carbons (Fsp3) is 1.00. The summed E-state index contributed by atoms with van der Waals surface area (Å²) in [4.78, 5) is 0. The molecule has 1 fully saturated rings. The van der Waals surface area contributed by atoms with E-state index < -0.39 is 0 Å². The lowest BCUT2D eigenvalue weighted by molar-refractivity contribution is -0.0321. The van der Waals surface area contributed by atoms with Crippen LogP contribution in [-0.2, 0) is 47.4 Å². The van der Waals surface area contributed by atoms with Crippen molar-refractivity contribution in [2.24, 2.45) is 0 Å². The summed E-state index contributed by atoms with van der Waals surface area (Å²) in [5.41, 5.74) is 0. The number of ether oxygens (including phenoxy) is 10. The van der Waals surface area contributed by atoms with Gasteiger partial charge in [-0.2, -0.15) is 0 Å². The molecule has 11 nitrogen and oxygen atoms in total. The highest BCUT2D eigenvalue weighted by atomic mass is 79.9. The van der Waals surface area contributed by atoms with Crippen molar-refractivity contribution in [3.05, 3.63) is 0 Å². The normalized spacial score (nSPS) is 14.5. The monoisotopic (exact) mass is 603 g/mol. The van der Waals surface area contributed by atoms with E-state index in [1.807, 2.05) is 0 Å². The molecule has 0 radical (unpaired) electrons. The summed E-state index contributed by atoms with van der Waals surface area (Å²) in [7, 11) is 0. The predicted molar refractivity (Wildman–Crippen MR) is 143 cm³/mol. The van der Waals surface area contributed by atoms with Crippen molar-refractivity contribution in [3.63, 3.8) is 0 Å². The van der Waals surface area contributed by atoms with Crippen LogP contribution in [0.15, 0.2) is 0 Å². The zero-order valence-electron chi connectivity index (χ0n) is 22.5. The highest BCUT2D eigenvalue weighted by molar-refractivity contribution is 9.09. The number of piperidine rings is 1. The van der Waals surface area contributed by atoms with Gasteiger partial charge in [0.25, 0.3) is 0 Å². The molecule has 0 aromatic rings. The molecule has 1 heterocycles. The summed E-state index contributed by atoms with van der Waals surface area (Å²) in [6.45, 7) is 12.8. The lowest BCUT2D eigenvalue weighted by atomic mass is 10.1. The maximum atomic E-state index is 5.78. The zero-order valence-corrected chi connectivity index (χ0v) is 24.1. The topological polar surface area (TPSA) is 104 Å². The Morgan fingerprint density at radius 3 is 0.973 bits per heavy atom. The summed E-state index contributed by atoms with van der Waals surface area (Å²) in [6, 6.07) is 0. The molecule has 0 aromatic carbocycles. The van der Waals surface area contributed by atoms with E-state index in [-0.39, 0.29) is 0 Å². The largest absolute Gasteiger partial charge is 0.378 e. The van der Waals surface area contributed by atoms with E-state index in [0.29, 0.717) is 132 Å². The summed E-state index contributed by atoms with van der Waals surface area (Å²) in [6.07, 6.45) is 2.55. The Bertz CT molecular complexity index is 436. The average molecular weight is 605 g/mol. The van der Waals surface area contributed by atoms with Gasteiger partial charge in [0.05, 0.1) is 132 Å². The van der Waals surface area contributed by atoms with Gasteiger partial charge in [-0.05, 0) is 25.9 Å². The Morgan fingerprint density at radius 1 is 0.405 bits per heavy atom. The van der Waals surface area contributed by atoms with Crippen LogP contribution in [0.3, 0.4) is 0 Å². The van der Waals surface area contributed by atoms with Gasteiger partial charge in [0.15, 0.2) is 0 Å². The Hall–Kier alpha value is 0.0400. The van der Waals surface area contributed by atoms with Crippen LogP contribution in [0.5, 0.6) is 0 Å². The van der Waals surface area contributed by atoms with Crippen LogP contribution in [0.4, 0.5) is 0 Å². The number of hydrogen-bond donors (Lipinski definition) is 1. The molecule has 1 rings (SSSR count). The standard InChI is InChI=1S/C25H50BrNO10/c26-3-6-28-7-8-29-9-10-30-11-12-31-13-14-32-15-16-33-17-18-34-19-20-35-21-22-36-23-24-37-25-1-4-27-5-2-25/h25,27H,1-24H2. The smallest absolute Gasteiger partial charge is 0.0704 e. The average Bonchev–Trinajstić information content (AvgIpc) is 2.93. The van der Waals surface area contributed by atoms with Gasteiger partial charge in [-0.25, -0.2) is 0 Å². The van der Waals surface area contributed by atoms with Crippen molar-refractivity contribution < 1.29 is 47.4 Å². The molecule has 222 valence electrons. The molecule has 1 N–H and O–H groups in total. The predicted octanol–water partition coefficient (Wildman–Crippen LogP) is 1.30. The van der Waals surface area contributed by atoms with Crippen molar-refractivity contribution >= 4 is 15.9 Å². The van der Waals surface area contributed by atoms with Gasteiger partial charge in [0, 0.05) is 5.33 Å². The summed E-state index contributed by atoms with van der Waals surface area (Å²) in [5.74, 6) is 0. The van der Waals surface area contributed by atoms with Crippen molar-refractivity contribution in [1.29, 1.82) is 0 Å². The fourth-order valence-corrected chi connectivity index (χ4v) is 3.38. The number of nitrogens with one attached hydrogen (secondary N) is 1. The minimum Gasteiger partial charge on any atom is -0.378 e. The van der Waals surface area contributed by atoms with Crippen LogP contribution in [0.25, 0.3) is 0 Å². The van der Waals surface area contributed by atoms with Crippen LogP contribution in [0, 0.1) is 0 Å². The molecule has 0 saturated carbocycles. The third-order valence-corrected chi connectivity index (χ3v) is 5.39. The van der Waals surface area contributed by atoms with Crippen LogP contribution in [0.1, 0.15) is 12.8 Å². The number of rotatable bonds is 30. The molecule has 0 spiro atoms. The third-order valence-electron chi connectivity index (χ3n) is 5.06. The van der Waals surface area contributed by atoms with Crippen molar-refractivity contribution in [3.8, 4) is 0 Å². The molecule has 37 heavy (non-hydrogen) atoms. The second-order valence-electron chi connectivity index (χ2n) is 8.02. The van der Waals surface area contributed by atoms with Crippen LogP contribution < -0.4 is 5.32 Å². The highest BCUT2D eigenvalue weighted by Crippen LogP contribution is 2.06. The Balaban J connectivity index is 1.61. The molecule has 12 heteroatoms. The molecule has 0 unspecified atom stereocenters. The Morgan fingerprint density at radius 2 is 0.676 bits per heavy atom. The van der Waals surface area contributed by atoms with Crippen molar-refractivity contribution in [2.75, 3.05) is 144 Å². The van der Waals surface area contributed by atoms with Crippen LogP contribution in [0.2, 0.25) is 0 Å². The lowest BCUT2D eigenvalue weighted by Crippen LogP contribution is -2.33. The first-order valence-electron chi connectivity index (χ1n) is 13.5. The molecule has 0 bridgehead atoms. The van der Waals surface area contributed by atoms with E-state index in [0.717, 1.165) is 31.3 Å². The first-order valence-corrected chi connectivity index (χ1v) is 14.6. The number of alkyl halides is 1. The SMILES string of the molecule is BrCCOCCOCCOCCOCCOCCOCCOCCOCCOCCOC1CCNCC1. The number of hydrogen-bond acceptors (Lipinski definition) is 11. The first kappa shape index (κ1) is 35.1. The van der Waals surface area contributed by atoms with Gasteiger partial charge in [0.2, 0.25) is 0 Å². The molecule has 1 saturated heterocycles. The summed E-state index contributed by atoms with van der Waals surface area (Å²) in [5, 5.41) is 4.17. The van der Waals surface area contributed by atoms with Crippen molar-refractivity contribution in [1.82, 2.24) is 5.32 Å². The van der Waals surface area contributed by atoms with Gasteiger partial charge in [-0.1, -0.05) is 15.9 Å². The molecule has 0 amide bonds. The second kappa shape index (κ2) is 30.6. The van der Waals surface area contributed by atoms with Crippen molar-refractivity contribution in [2.45, 2.75) is 18.9 Å². The molecular weight excluding hydrogens is 554 g/mol. The summed E-state index contributed by atoms with van der Waals surface area (Å²) < 4.78 is 54.7. The van der Waals surface area contributed by atoms with Crippen LogP contribution in [-0.4, -0.2) is 150 Å². The Kier molecular flexibility index (Phi) is 29.0. The highest BCUT2D eigenvalue weighted by Gasteiger charge is 2.12. The van der Waals surface area contributed by atoms with E-state index in [2.05, 4.69) is 21.2 Å². The lowest BCUT2D eigenvalue weighted by Gasteiger charge is -2.22. The van der Waals surface area contributed by atoms with Crippen LogP contribution >= 0.6 is 15.9 Å². The molecular formula is C25H50BrNO10. The maximum Gasteiger partial charge on any atom is 0.0704 e. The van der Waals surface area contributed by atoms with Gasteiger partial charge in [-0.15, -0.1) is 0 Å². The summed E-state index contributed by atoms with van der Waals surface area (Å²) >= 11 is 3.30. The van der Waals surface area contributed by atoms with E-state index in [9.17, 15) is 0 Å². The first-order chi connectivity index (χ1) is 18.4. The van der Waals surface area contributed by atoms with E-state index >= 15 is 0 Å². The Labute approximate surface area is 231 Å². The molecule has 0 aliphatic carbocycles. The maximum absolute atomic E-state index is 5.78. The zero-order chi connectivity index (χ0) is 26.3.